The minimum Gasteiger partial charge on any atom is -0.372 e. The zero-order valence-corrected chi connectivity index (χ0v) is 11.1. The Morgan fingerprint density at radius 3 is 2.78 bits per heavy atom. The highest BCUT2D eigenvalue weighted by molar-refractivity contribution is 7.07. The van der Waals surface area contributed by atoms with E-state index in [9.17, 15) is 13.2 Å². The lowest BCUT2D eigenvalue weighted by Crippen LogP contribution is -2.32. The van der Waals surface area contributed by atoms with Gasteiger partial charge in [0.1, 0.15) is 6.61 Å². The van der Waals surface area contributed by atoms with E-state index in [2.05, 4.69) is 15.4 Å². The number of rotatable bonds is 8. The smallest absolute Gasteiger partial charge is 0.372 e. The summed E-state index contributed by atoms with van der Waals surface area (Å²) in [6.45, 7) is 1.75. The fourth-order valence-corrected chi connectivity index (χ4v) is 2.35. The van der Waals surface area contributed by atoms with Crippen LogP contribution in [-0.4, -0.2) is 32.0 Å². The first-order chi connectivity index (χ1) is 8.51. The van der Waals surface area contributed by atoms with Crippen LogP contribution in [0.25, 0.3) is 0 Å². The van der Waals surface area contributed by atoms with Crippen molar-refractivity contribution in [2.75, 3.05) is 19.8 Å². The average Bonchev–Trinajstić information content (AvgIpc) is 2.76. The Labute approximate surface area is 109 Å². The first-order valence-corrected chi connectivity index (χ1v) is 6.84. The maximum absolute atomic E-state index is 11.9. The van der Waals surface area contributed by atoms with Gasteiger partial charge in [0.15, 0.2) is 0 Å². The van der Waals surface area contributed by atoms with Crippen LogP contribution in [0.2, 0.25) is 0 Å². The minimum absolute atomic E-state index is 0.126. The minimum atomic E-state index is -4.24. The highest BCUT2D eigenvalue weighted by Crippen LogP contribution is 2.15. The average molecular weight is 281 g/mol. The molecule has 0 bridgehead atoms. The topological polar surface area (TPSA) is 21.3 Å². The highest BCUT2D eigenvalue weighted by Gasteiger charge is 2.27. The first-order valence-electron chi connectivity index (χ1n) is 5.90. The molecule has 0 aromatic carbocycles. The molecule has 1 atom stereocenters. The molecular weight excluding hydrogens is 263 g/mol. The standard InChI is InChI=1S/C12H18F3NOS/c1-2-16-11(7-10-4-6-18-8-10)3-5-17-9-12(13,14)15/h4,6,8,11,16H,2-3,5,7,9H2,1H3. The molecule has 0 spiro atoms. The van der Waals surface area contributed by atoms with Crippen molar-refractivity contribution in [3.05, 3.63) is 22.4 Å². The lowest BCUT2D eigenvalue weighted by Gasteiger charge is -2.17. The van der Waals surface area contributed by atoms with E-state index in [1.165, 1.54) is 5.56 Å². The van der Waals surface area contributed by atoms with Crippen LogP contribution in [0, 0.1) is 0 Å². The van der Waals surface area contributed by atoms with Crippen molar-refractivity contribution in [2.24, 2.45) is 0 Å². The van der Waals surface area contributed by atoms with Gasteiger partial charge in [0, 0.05) is 12.6 Å². The summed E-state index contributed by atoms with van der Waals surface area (Å²) in [4.78, 5) is 0. The molecule has 0 amide bonds. The maximum Gasteiger partial charge on any atom is 0.411 e. The van der Waals surface area contributed by atoms with Crippen molar-refractivity contribution < 1.29 is 17.9 Å². The summed E-state index contributed by atoms with van der Waals surface area (Å²) in [5.41, 5.74) is 1.21. The molecule has 1 aromatic heterocycles. The van der Waals surface area contributed by atoms with Crippen molar-refractivity contribution in [3.63, 3.8) is 0 Å². The summed E-state index contributed by atoms with van der Waals surface area (Å²) in [7, 11) is 0. The molecule has 1 N–H and O–H groups in total. The number of hydrogen-bond donors (Lipinski definition) is 1. The van der Waals surface area contributed by atoms with Crippen LogP contribution in [0.3, 0.4) is 0 Å². The van der Waals surface area contributed by atoms with Crippen molar-refractivity contribution >= 4 is 11.3 Å². The van der Waals surface area contributed by atoms with E-state index in [0.29, 0.717) is 6.42 Å². The molecule has 6 heteroatoms. The van der Waals surface area contributed by atoms with Gasteiger partial charge in [0.05, 0.1) is 0 Å². The molecule has 0 aliphatic heterocycles. The number of likely N-dealkylation sites (N-methyl/N-ethyl adjacent to an activating group) is 1. The van der Waals surface area contributed by atoms with Crippen molar-refractivity contribution in [2.45, 2.75) is 32.0 Å². The van der Waals surface area contributed by atoms with Gasteiger partial charge in [-0.3, -0.25) is 0 Å². The predicted molar refractivity (Wildman–Crippen MR) is 67.0 cm³/mol. The van der Waals surface area contributed by atoms with E-state index in [4.69, 9.17) is 0 Å². The SMILES string of the molecule is CCNC(CCOCC(F)(F)F)Cc1ccsc1. The van der Waals surface area contributed by atoms with Crippen LogP contribution in [0.15, 0.2) is 16.8 Å². The number of nitrogens with one attached hydrogen (secondary N) is 1. The van der Waals surface area contributed by atoms with Gasteiger partial charge in [0.25, 0.3) is 0 Å². The summed E-state index contributed by atoms with van der Waals surface area (Å²) < 4.78 is 40.3. The Bertz CT molecular complexity index is 314. The van der Waals surface area contributed by atoms with Gasteiger partial charge < -0.3 is 10.1 Å². The van der Waals surface area contributed by atoms with Gasteiger partial charge in [-0.2, -0.15) is 24.5 Å². The Morgan fingerprint density at radius 2 is 2.22 bits per heavy atom. The summed E-state index contributed by atoms with van der Waals surface area (Å²) in [5, 5.41) is 7.32. The van der Waals surface area contributed by atoms with Gasteiger partial charge in [-0.15, -0.1) is 0 Å². The molecule has 0 saturated carbocycles. The second-order valence-electron chi connectivity index (χ2n) is 4.05. The van der Waals surface area contributed by atoms with E-state index >= 15 is 0 Å². The number of hydrogen-bond acceptors (Lipinski definition) is 3. The van der Waals surface area contributed by atoms with E-state index in [0.717, 1.165) is 13.0 Å². The van der Waals surface area contributed by atoms with Crippen LogP contribution in [0.1, 0.15) is 18.9 Å². The van der Waals surface area contributed by atoms with Crippen LogP contribution in [0.5, 0.6) is 0 Å². The second kappa shape index (κ2) is 7.76. The number of thiophene rings is 1. The van der Waals surface area contributed by atoms with Gasteiger partial charge in [-0.1, -0.05) is 6.92 Å². The number of ether oxygens (including phenoxy) is 1. The van der Waals surface area contributed by atoms with E-state index in [1.807, 2.05) is 18.4 Å². The van der Waals surface area contributed by atoms with Gasteiger partial charge in [-0.05, 0) is 41.8 Å². The summed E-state index contributed by atoms with van der Waals surface area (Å²) in [5.74, 6) is 0. The third-order valence-corrected chi connectivity index (χ3v) is 3.16. The summed E-state index contributed by atoms with van der Waals surface area (Å²) >= 11 is 1.62. The highest BCUT2D eigenvalue weighted by atomic mass is 32.1. The summed E-state index contributed by atoms with van der Waals surface area (Å²) in [6, 6.07) is 2.20. The van der Waals surface area contributed by atoms with E-state index in [-0.39, 0.29) is 12.6 Å². The van der Waals surface area contributed by atoms with E-state index < -0.39 is 12.8 Å². The molecule has 1 rings (SSSR count). The van der Waals surface area contributed by atoms with Crippen molar-refractivity contribution in [1.29, 1.82) is 0 Å². The van der Waals surface area contributed by atoms with Gasteiger partial charge >= 0.3 is 6.18 Å². The molecule has 0 aliphatic rings. The first kappa shape index (κ1) is 15.5. The fourth-order valence-electron chi connectivity index (χ4n) is 1.67. The lowest BCUT2D eigenvalue weighted by molar-refractivity contribution is -0.174. The molecule has 1 unspecified atom stereocenters. The normalized spacial score (nSPS) is 13.8. The molecular formula is C12H18F3NOS. The zero-order chi connectivity index (χ0) is 13.4. The van der Waals surface area contributed by atoms with Crippen LogP contribution in [-0.2, 0) is 11.2 Å². The monoisotopic (exact) mass is 281 g/mol. The Balaban J connectivity index is 2.25. The number of halogens is 3. The molecule has 1 aromatic rings. The van der Waals surface area contributed by atoms with Crippen LogP contribution < -0.4 is 5.32 Å². The lowest BCUT2D eigenvalue weighted by atomic mass is 10.1. The van der Waals surface area contributed by atoms with Gasteiger partial charge in [0.2, 0.25) is 0 Å². The maximum atomic E-state index is 11.9. The number of alkyl halides is 3. The summed E-state index contributed by atoms with van der Waals surface area (Å²) in [6.07, 6.45) is -2.83. The van der Waals surface area contributed by atoms with Crippen molar-refractivity contribution in [3.8, 4) is 0 Å². The molecule has 0 saturated heterocycles. The molecule has 0 radical (unpaired) electrons. The van der Waals surface area contributed by atoms with Crippen LogP contribution >= 0.6 is 11.3 Å². The third kappa shape index (κ3) is 6.98. The Kier molecular flexibility index (Phi) is 6.67. The molecule has 1 heterocycles. The molecule has 0 fully saturated rings. The Hall–Kier alpha value is -0.590. The van der Waals surface area contributed by atoms with E-state index in [1.54, 1.807) is 11.3 Å². The fraction of sp³-hybridized carbons (Fsp3) is 0.667. The van der Waals surface area contributed by atoms with Gasteiger partial charge in [-0.25, -0.2) is 0 Å². The van der Waals surface area contributed by atoms with Crippen molar-refractivity contribution in [1.82, 2.24) is 5.32 Å². The molecule has 0 aliphatic carbocycles. The van der Waals surface area contributed by atoms with Crippen LogP contribution in [0.4, 0.5) is 13.2 Å². The molecule has 18 heavy (non-hydrogen) atoms. The quantitative estimate of drug-likeness (QED) is 0.739. The molecule has 104 valence electrons. The zero-order valence-electron chi connectivity index (χ0n) is 10.3. The molecule has 2 nitrogen and oxygen atoms in total. The predicted octanol–water partition coefficient (Wildman–Crippen LogP) is 3.24. The largest absolute Gasteiger partial charge is 0.411 e. The Morgan fingerprint density at radius 1 is 1.44 bits per heavy atom. The second-order valence-corrected chi connectivity index (χ2v) is 4.83. The third-order valence-electron chi connectivity index (χ3n) is 2.43.